The van der Waals surface area contributed by atoms with Crippen molar-refractivity contribution in [1.82, 2.24) is 9.88 Å². The van der Waals surface area contributed by atoms with E-state index in [0.29, 0.717) is 6.04 Å². The van der Waals surface area contributed by atoms with Gasteiger partial charge in [-0.2, -0.15) is 0 Å². The van der Waals surface area contributed by atoms with E-state index in [1.54, 1.807) is 6.20 Å². The molecule has 4 heteroatoms. The summed E-state index contributed by atoms with van der Waals surface area (Å²) < 4.78 is 0. The minimum Gasteiger partial charge on any atom is -0.322 e. The van der Waals surface area contributed by atoms with Gasteiger partial charge in [-0.3, -0.25) is 4.90 Å². The van der Waals surface area contributed by atoms with E-state index < -0.39 is 0 Å². The standard InChI is InChI=1S/C21H21N3O/c1-23-18-9-5-6-10-19(18)24(21(23)25)20-14-13-17(15-22-20)12-11-16-7-3-2-4-8-16/h2-4,7-8,13-15,18-19H,5-6,9-10H2,1H3. The van der Waals surface area contributed by atoms with Gasteiger partial charge in [0, 0.05) is 24.4 Å². The van der Waals surface area contributed by atoms with Crippen molar-refractivity contribution in [3.05, 3.63) is 59.8 Å². The SMILES string of the molecule is CN1C(=O)N(c2ccc(C#Cc3ccccc3)cn2)C2CCCCC21. The second-order valence-electron chi connectivity index (χ2n) is 6.70. The largest absolute Gasteiger partial charge is 0.326 e. The number of nitrogens with zero attached hydrogens (tertiary/aromatic N) is 3. The van der Waals surface area contributed by atoms with Crippen LogP contribution in [0.25, 0.3) is 0 Å². The number of carbonyl (C=O) groups excluding carboxylic acids is 1. The number of carbonyl (C=O) groups is 1. The Labute approximate surface area is 148 Å². The maximum Gasteiger partial charge on any atom is 0.326 e. The minimum absolute atomic E-state index is 0.0625. The summed E-state index contributed by atoms with van der Waals surface area (Å²) in [5.41, 5.74) is 1.83. The zero-order chi connectivity index (χ0) is 17.2. The van der Waals surface area contributed by atoms with Crippen molar-refractivity contribution in [1.29, 1.82) is 0 Å². The highest BCUT2D eigenvalue weighted by Gasteiger charge is 2.45. The molecule has 1 aromatic heterocycles. The Morgan fingerprint density at radius 3 is 2.40 bits per heavy atom. The molecule has 25 heavy (non-hydrogen) atoms. The van der Waals surface area contributed by atoms with Gasteiger partial charge in [-0.15, -0.1) is 0 Å². The first-order valence-electron chi connectivity index (χ1n) is 8.83. The molecule has 1 aromatic carbocycles. The summed E-state index contributed by atoms with van der Waals surface area (Å²) in [6.07, 6.45) is 6.28. The van der Waals surface area contributed by atoms with E-state index in [9.17, 15) is 4.79 Å². The topological polar surface area (TPSA) is 36.4 Å². The van der Waals surface area contributed by atoms with Crippen molar-refractivity contribution < 1.29 is 4.79 Å². The van der Waals surface area contributed by atoms with E-state index in [4.69, 9.17) is 0 Å². The fourth-order valence-electron chi connectivity index (χ4n) is 3.83. The van der Waals surface area contributed by atoms with Gasteiger partial charge in [0.05, 0.1) is 12.1 Å². The van der Waals surface area contributed by atoms with Crippen molar-refractivity contribution in [2.75, 3.05) is 11.9 Å². The van der Waals surface area contributed by atoms with Crippen LogP contribution < -0.4 is 4.90 Å². The molecule has 0 bridgehead atoms. The van der Waals surface area contributed by atoms with Crippen molar-refractivity contribution in [2.45, 2.75) is 37.8 Å². The van der Waals surface area contributed by atoms with Gasteiger partial charge in [-0.1, -0.05) is 42.9 Å². The van der Waals surface area contributed by atoms with E-state index in [-0.39, 0.29) is 12.1 Å². The highest BCUT2D eigenvalue weighted by molar-refractivity contribution is 5.94. The molecule has 1 saturated heterocycles. The van der Waals surface area contributed by atoms with Crippen LogP contribution in [0.3, 0.4) is 0 Å². The Morgan fingerprint density at radius 1 is 0.960 bits per heavy atom. The lowest BCUT2D eigenvalue weighted by molar-refractivity contribution is 0.208. The Hall–Kier alpha value is -2.80. The zero-order valence-corrected chi connectivity index (χ0v) is 14.4. The molecule has 126 valence electrons. The minimum atomic E-state index is 0.0625. The van der Waals surface area contributed by atoms with E-state index in [1.807, 2.05) is 59.3 Å². The fraction of sp³-hybridized carbons (Fsp3) is 0.333. The first-order chi connectivity index (χ1) is 12.2. The summed E-state index contributed by atoms with van der Waals surface area (Å²) in [4.78, 5) is 20.9. The van der Waals surface area contributed by atoms with E-state index in [0.717, 1.165) is 29.8 Å². The van der Waals surface area contributed by atoms with Crippen LogP contribution in [-0.2, 0) is 0 Å². The van der Waals surface area contributed by atoms with Crippen LogP contribution in [0.15, 0.2) is 48.7 Å². The number of urea groups is 1. The van der Waals surface area contributed by atoms with Crippen molar-refractivity contribution >= 4 is 11.8 Å². The number of rotatable bonds is 1. The summed E-state index contributed by atoms with van der Waals surface area (Å²) >= 11 is 0. The molecule has 1 aliphatic heterocycles. The number of likely N-dealkylation sites (N-methyl/N-ethyl adjacent to an activating group) is 1. The lowest BCUT2D eigenvalue weighted by Crippen LogP contribution is -2.39. The first-order valence-corrected chi connectivity index (χ1v) is 8.83. The zero-order valence-electron chi connectivity index (χ0n) is 14.4. The predicted octanol–water partition coefficient (Wildman–Crippen LogP) is 3.66. The molecular weight excluding hydrogens is 310 g/mol. The summed E-state index contributed by atoms with van der Waals surface area (Å²) in [5.74, 6) is 6.99. The van der Waals surface area contributed by atoms with Crippen molar-refractivity contribution in [3.63, 3.8) is 0 Å². The van der Waals surface area contributed by atoms with Gasteiger partial charge >= 0.3 is 6.03 Å². The highest BCUT2D eigenvalue weighted by atomic mass is 16.2. The predicted molar refractivity (Wildman–Crippen MR) is 98.3 cm³/mol. The lowest BCUT2D eigenvalue weighted by atomic mass is 9.90. The normalized spacial score (nSPS) is 22.4. The van der Waals surface area contributed by atoms with Gasteiger partial charge in [0.1, 0.15) is 5.82 Å². The Kier molecular flexibility index (Phi) is 4.15. The average molecular weight is 331 g/mol. The molecule has 2 amide bonds. The van der Waals surface area contributed by atoms with Gasteiger partial charge < -0.3 is 4.90 Å². The third kappa shape index (κ3) is 2.98. The van der Waals surface area contributed by atoms with Crippen molar-refractivity contribution in [2.24, 2.45) is 0 Å². The second-order valence-corrected chi connectivity index (χ2v) is 6.70. The lowest BCUT2D eigenvalue weighted by Gasteiger charge is -2.30. The van der Waals surface area contributed by atoms with Crippen LogP contribution in [0.4, 0.5) is 10.6 Å². The van der Waals surface area contributed by atoms with Gasteiger partial charge in [-0.25, -0.2) is 9.78 Å². The molecule has 2 aliphatic rings. The summed E-state index contributed by atoms with van der Waals surface area (Å²) in [6, 6.07) is 14.4. The summed E-state index contributed by atoms with van der Waals surface area (Å²) in [6.45, 7) is 0. The number of hydrogen-bond acceptors (Lipinski definition) is 2. The molecule has 1 aliphatic carbocycles. The molecule has 0 radical (unpaired) electrons. The molecule has 4 nitrogen and oxygen atoms in total. The van der Waals surface area contributed by atoms with E-state index >= 15 is 0 Å². The van der Waals surface area contributed by atoms with Crippen LogP contribution in [0.1, 0.15) is 36.8 Å². The van der Waals surface area contributed by atoms with E-state index in [1.165, 1.54) is 12.8 Å². The number of pyridine rings is 1. The summed E-state index contributed by atoms with van der Waals surface area (Å²) in [7, 11) is 1.91. The molecule has 2 heterocycles. The molecule has 2 aromatic rings. The second kappa shape index (κ2) is 6.60. The highest BCUT2D eigenvalue weighted by Crippen LogP contribution is 2.35. The number of anilines is 1. The molecule has 4 rings (SSSR count). The number of hydrogen-bond donors (Lipinski definition) is 0. The maximum absolute atomic E-state index is 12.7. The fourth-order valence-corrected chi connectivity index (χ4v) is 3.83. The van der Waals surface area contributed by atoms with Crippen molar-refractivity contribution in [3.8, 4) is 11.8 Å². The average Bonchev–Trinajstić information content (AvgIpc) is 2.92. The number of benzene rings is 1. The molecule has 2 fully saturated rings. The van der Waals surface area contributed by atoms with E-state index in [2.05, 4.69) is 16.8 Å². The Bertz CT molecular complexity index is 820. The molecule has 0 spiro atoms. The van der Waals surface area contributed by atoms with Gasteiger partial charge in [0.15, 0.2) is 0 Å². The monoisotopic (exact) mass is 331 g/mol. The van der Waals surface area contributed by atoms with Crippen LogP contribution in [-0.4, -0.2) is 35.0 Å². The number of amides is 2. The van der Waals surface area contributed by atoms with Crippen LogP contribution >= 0.6 is 0 Å². The quantitative estimate of drug-likeness (QED) is 0.748. The van der Waals surface area contributed by atoms with Crippen LogP contribution in [0.5, 0.6) is 0 Å². The first kappa shape index (κ1) is 15.7. The molecule has 2 atom stereocenters. The van der Waals surface area contributed by atoms with Gasteiger partial charge in [0.2, 0.25) is 0 Å². The maximum atomic E-state index is 12.7. The smallest absolute Gasteiger partial charge is 0.322 e. The van der Waals surface area contributed by atoms with Crippen LogP contribution in [0.2, 0.25) is 0 Å². The molecule has 2 unspecified atom stereocenters. The Morgan fingerprint density at radius 2 is 1.68 bits per heavy atom. The molecule has 1 saturated carbocycles. The third-order valence-corrected chi connectivity index (χ3v) is 5.15. The summed E-state index contributed by atoms with van der Waals surface area (Å²) in [5, 5.41) is 0. The number of fused-ring (bicyclic) bond motifs is 1. The van der Waals surface area contributed by atoms with Gasteiger partial charge in [0.25, 0.3) is 0 Å². The molecule has 0 N–H and O–H groups in total. The molecular formula is C21H21N3O. The van der Waals surface area contributed by atoms with Crippen LogP contribution in [0, 0.1) is 11.8 Å². The number of aromatic nitrogens is 1. The third-order valence-electron chi connectivity index (χ3n) is 5.15. The van der Waals surface area contributed by atoms with Gasteiger partial charge in [-0.05, 0) is 37.1 Å². The Balaban J connectivity index is 1.56.